The molecule has 0 aliphatic heterocycles. The number of carboxylic acid groups (broad SMARTS) is 1. The average molecular weight is 165 g/mol. The van der Waals surface area contributed by atoms with E-state index in [0.717, 1.165) is 6.42 Å². The Morgan fingerprint density at radius 3 is 2.92 bits per heavy atom. The molecule has 3 nitrogen and oxygen atoms in total. The molecule has 0 bridgehead atoms. The first-order valence-electron chi connectivity index (χ1n) is 3.95. The quantitative estimate of drug-likeness (QED) is 0.579. The van der Waals surface area contributed by atoms with Crippen molar-refractivity contribution in [2.24, 2.45) is 0 Å². The highest BCUT2D eigenvalue weighted by atomic mass is 16.4. The highest BCUT2D eigenvalue weighted by Gasteiger charge is 2.07. The van der Waals surface area contributed by atoms with Gasteiger partial charge >= 0.3 is 0 Å². The van der Waals surface area contributed by atoms with Crippen LogP contribution in [0.3, 0.4) is 0 Å². The van der Waals surface area contributed by atoms with Gasteiger partial charge < -0.3 is 9.90 Å². The van der Waals surface area contributed by atoms with Crippen molar-refractivity contribution < 1.29 is 14.5 Å². The molecule has 12 heavy (non-hydrogen) atoms. The highest BCUT2D eigenvalue weighted by Crippen LogP contribution is 1.90. The van der Waals surface area contributed by atoms with Gasteiger partial charge in [-0.3, -0.25) is 0 Å². The van der Waals surface area contributed by atoms with Crippen molar-refractivity contribution in [3.8, 4) is 0 Å². The summed E-state index contributed by atoms with van der Waals surface area (Å²) in [6.45, 7) is 2.71. The van der Waals surface area contributed by atoms with Crippen molar-refractivity contribution in [3.05, 3.63) is 30.1 Å². The fourth-order valence-electron chi connectivity index (χ4n) is 1.10. The van der Waals surface area contributed by atoms with E-state index in [1.165, 1.54) is 0 Å². The number of carbonyl (C=O) groups is 1. The molecule has 0 unspecified atom stereocenters. The molecule has 64 valence electrons. The van der Waals surface area contributed by atoms with E-state index in [-0.39, 0.29) is 5.69 Å². The second kappa shape index (κ2) is 3.85. The minimum Gasteiger partial charge on any atom is -0.539 e. The summed E-state index contributed by atoms with van der Waals surface area (Å²) in [7, 11) is 0. The first kappa shape index (κ1) is 8.71. The number of aromatic carboxylic acids is 1. The zero-order chi connectivity index (χ0) is 8.97. The number of pyridine rings is 1. The van der Waals surface area contributed by atoms with E-state index >= 15 is 0 Å². The maximum Gasteiger partial charge on any atom is 0.228 e. The van der Waals surface area contributed by atoms with Crippen molar-refractivity contribution in [1.82, 2.24) is 0 Å². The number of aryl methyl sites for hydroxylation is 1. The van der Waals surface area contributed by atoms with Crippen LogP contribution < -0.4 is 9.67 Å². The van der Waals surface area contributed by atoms with Crippen molar-refractivity contribution in [3.63, 3.8) is 0 Å². The molecule has 0 saturated carbocycles. The van der Waals surface area contributed by atoms with Gasteiger partial charge in [-0.05, 0) is 6.07 Å². The molecule has 0 N–H and O–H groups in total. The fourth-order valence-corrected chi connectivity index (χ4v) is 1.10. The van der Waals surface area contributed by atoms with Gasteiger partial charge in [0, 0.05) is 18.6 Å². The van der Waals surface area contributed by atoms with Crippen LogP contribution in [0.1, 0.15) is 23.8 Å². The Morgan fingerprint density at radius 2 is 2.33 bits per heavy atom. The average Bonchev–Trinajstić information content (AvgIpc) is 2.05. The number of rotatable bonds is 3. The SMILES string of the molecule is CCC[n+]1ccccc1C(=O)[O-]. The summed E-state index contributed by atoms with van der Waals surface area (Å²) in [6.07, 6.45) is 2.66. The Hall–Kier alpha value is -1.38. The topological polar surface area (TPSA) is 44.0 Å². The number of carbonyl (C=O) groups excluding carboxylic acids is 1. The van der Waals surface area contributed by atoms with Gasteiger partial charge in [0.05, 0.1) is 0 Å². The van der Waals surface area contributed by atoms with Crippen LogP contribution in [0, 0.1) is 0 Å². The van der Waals surface area contributed by atoms with Crippen LogP contribution in [0.15, 0.2) is 24.4 Å². The molecule has 0 radical (unpaired) electrons. The Balaban J connectivity index is 3.00. The van der Waals surface area contributed by atoms with Gasteiger partial charge in [-0.1, -0.05) is 6.92 Å². The fraction of sp³-hybridized carbons (Fsp3) is 0.333. The van der Waals surface area contributed by atoms with Crippen LogP contribution in [0.25, 0.3) is 0 Å². The Morgan fingerprint density at radius 1 is 1.58 bits per heavy atom. The number of carboxylic acids is 1. The summed E-state index contributed by atoms with van der Waals surface area (Å²) < 4.78 is 1.68. The summed E-state index contributed by atoms with van der Waals surface area (Å²) in [5.74, 6) is -1.12. The summed E-state index contributed by atoms with van der Waals surface area (Å²) in [5, 5.41) is 10.6. The molecule has 0 aliphatic carbocycles. The molecular weight excluding hydrogens is 154 g/mol. The molecule has 1 aromatic rings. The third-order valence-electron chi connectivity index (χ3n) is 1.61. The molecule has 3 heteroatoms. The van der Waals surface area contributed by atoms with E-state index < -0.39 is 5.97 Å². The summed E-state index contributed by atoms with van der Waals surface area (Å²) in [6, 6.07) is 5.05. The normalized spacial score (nSPS) is 9.75. The highest BCUT2D eigenvalue weighted by molar-refractivity contribution is 5.81. The second-order valence-corrected chi connectivity index (χ2v) is 2.57. The smallest absolute Gasteiger partial charge is 0.228 e. The lowest BCUT2D eigenvalue weighted by molar-refractivity contribution is -0.701. The molecule has 0 aromatic carbocycles. The Bertz CT molecular complexity index is 284. The predicted molar refractivity (Wildman–Crippen MR) is 41.3 cm³/mol. The number of hydrogen-bond acceptors (Lipinski definition) is 2. The zero-order valence-corrected chi connectivity index (χ0v) is 6.99. The van der Waals surface area contributed by atoms with Crippen LogP contribution in [-0.4, -0.2) is 5.97 Å². The molecule has 0 aliphatic rings. The molecule has 0 saturated heterocycles. The van der Waals surface area contributed by atoms with Crippen LogP contribution in [0.5, 0.6) is 0 Å². The van der Waals surface area contributed by atoms with Gasteiger partial charge in [0.15, 0.2) is 6.20 Å². The molecule has 0 amide bonds. The molecule has 0 spiro atoms. The molecule has 1 aromatic heterocycles. The number of nitrogens with zero attached hydrogens (tertiary/aromatic N) is 1. The molecule has 0 fully saturated rings. The largest absolute Gasteiger partial charge is 0.539 e. The van der Waals surface area contributed by atoms with E-state index in [0.29, 0.717) is 6.54 Å². The van der Waals surface area contributed by atoms with Crippen LogP contribution in [0.2, 0.25) is 0 Å². The Labute approximate surface area is 71.3 Å². The minimum absolute atomic E-state index is 0.236. The van der Waals surface area contributed by atoms with Crippen molar-refractivity contribution >= 4 is 5.97 Å². The van der Waals surface area contributed by atoms with Crippen LogP contribution >= 0.6 is 0 Å². The third kappa shape index (κ3) is 1.81. The third-order valence-corrected chi connectivity index (χ3v) is 1.61. The lowest BCUT2D eigenvalue weighted by Crippen LogP contribution is -2.44. The number of hydrogen-bond donors (Lipinski definition) is 0. The first-order chi connectivity index (χ1) is 5.75. The van der Waals surface area contributed by atoms with Crippen molar-refractivity contribution in [2.75, 3.05) is 0 Å². The molecule has 1 heterocycles. The maximum atomic E-state index is 10.6. The lowest BCUT2D eigenvalue weighted by Gasteiger charge is -2.01. The van der Waals surface area contributed by atoms with E-state index in [1.54, 1.807) is 22.9 Å². The summed E-state index contributed by atoms with van der Waals surface area (Å²) in [5.41, 5.74) is 0.236. The van der Waals surface area contributed by atoms with Gasteiger partial charge in [0.2, 0.25) is 5.69 Å². The van der Waals surface area contributed by atoms with E-state index in [4.69, 9.17) is 0 Å². The predicted octanol–water partition coefficient (Wildman–Crippen LogP) is -0.252. The van der Waals surface area contributed by atoms with E-state index in [2.05, 4.69) is 0 Å². The summed E-state index contributed by atoms with van der Waals surface area (Å²) in [4.78, 5) is 10.6. The van der Waals surface area contributed by atoms with Gasteiger partial charge in [-0.2, -0.15) is 4.57 Å². The van der Waals surface area contributed by atoms with E-state index in [9.17, 15) is 9.90 Å². The maximum absolute atomic E-state index is 10.6. The minimum atomic E-state index is -1.12. The first-order valence-corrected chi connectivity index (χ1v) is 3.95. The van der Waals surface area contributed by atoms with Crippen LogP contribution in [0.4, 0.5) is 0 Å². The molecule has 1 rings (SSSR count). The Kier molecular flexibility index (Phi) is 2.80. The lowest BCUT2D eigenvalue weighted by atomic mass is 10.3. The molecule has 0 atom stereocenters. The standard InChI is InChI=1S/C9H11NO2/c1-2-6-10-7-4-3-5-8(10)9(11)12/h3-5,7H,2,6H2,1H3. The second-order valence-electron chi connectivity index (χ2n) is 2.57. The van der Waals surface area contributed by atoms with Crippen LogP contribution in [-0.2, 0) is 6.54 Å². The van der Waals surface area contributed by atoms with Crippen molar-refractivity contribution in [1.29, 1.82) is 0 Å². The zero-order valence-electron chi connectivity index (χ0n) is 6.99. The van der Waals surface area contributed by atoms with Crippen molar-refractivity contribution in [2.45, 2.75) is 19.9 Å². The van der Waals surface area contributed by atoms with Gasteiger partial charge in [-0.25, -0.2) is 0 Å². The van der Waals surface area contributed by atoms with Gasteiger partial charge in [-0.15, -0.1) is 0 Å². The molecular formula is C9H11NO2. The van der Waals surface area contributed by atoms with Gasteiger partial charge in [0.25, 0.3) is 0 Å². The van der Waals surface area contributed by atoms with Gasteiger partial charge in [0.1, 0.15) is 12.5 Å². The van der Waals surface area contributed by atoms with E-state index in [1.807, 2.05) is 13.0 Å². The summed E-state index contributed by atoms with van der Waals surface area (Å²) >= 11 is 0. The number of aromatic nitrogens is 1. The monoisotopic (exact) mass is 165 g/mol.